The Labute approximate surface area is 110 Å². The molecule has 19 heavy (non-hydrogen) atoms. The van der Waals surface area contributed by atoms with Crippen LogP contribution in [0.4, 0.5) is 4.39 Å². The maximum atomic E-state index is 13.4. The Morgan fingerprint density at radius 3 is 2.47 bits per heavy atom. The second kappa shape index (κ2) is 5.51. The van der Waals surface area contributed by atoms with Gasteiger partial charge < -0.3 is 9.84 Å². The maximum absolute atomic E-state index is 13.4. The van der Waals surface area contributed by atoms with E-state index < -0.39 is 12.1 Å². The minimum Gasteiger partial charge on any atom is -0.461 e. The van der Waals surface area contributed by atoms with Crippen LogP contribution in [0, 0.1) is 24.1 Å². The van der Waals surface area contributed by atoms with Gasteiger partial charge in [-0.2, -0.15) is 5.26 Å². The van der Waals surface area contributed by atoms with E-state index in [9.17, 15) is 9.50 Å². The van der Waals surface area contributed by atoms with Gasteiger partial charge in [0.1, 0.15) is 17.6 Å². The monoisotopic (exact) mass is 257 g/mol. The number of aryl methyl sites for hydroxylation is 1. The molecule has 1 N–H and O–H groups in total. The molecule has 2 rings (SSSR count). The van der Waals surface area contributed by atoms with Gasteiger partial charge in [-0.3, -0.25) is 0 Å². The van der Waals surface area contributed by atoms with Gasteiger partial charge in [0.25, 0.3) is 0 Å². The Hall–Kier alpha value is -2.38. The zero-order chi connectivity index (χ0) is 13.8. The summed E-state index contributed by atoms with van der Waals surface area (Å²) in [5, 5.41) is 18.5. The molecule has 0 aliphatic heterocycles. The van der Waals surface area contributed by atoms with E-state index in [1.807, 2.05) is 19.1 Å². The lowest BCUT2D eigenvalue weighted by atomic mass is 10.1. The predicted molar refractivity (Wildman–Crippen MR) is 67.9 cm³/mol. The molecule has 0 radical (unpaired) electrons. The van der Waals surface area contributed by atoms with Gasteiger partial charge >= 0.3 is 0 Å². The topological polar surface area (TPSA) is 53.2 Å². The molecule has 4 heteroatoms. The second-order valence-electron chi connectivity index (χ2n) is 4.13. The Kier molecular flexibility index (Phi) is 3.79. The molecule has 2 aromatic carbocycles. The Morgan fingerprint density at radius 2 is 1.89 bits per heavy atom. The number of benzene rings is 2. The van der Waals surface area contributed by atoms with Gasteiger partial charge in [-0.1, -0.05) is 29.8 Å². The van der Waals surface area contributed by atoms with Crippen molar-refractivity contribution in [3.63, 3.8) is 0 Å². The first-order valence-corrected chi connectivity index (χ1v) is 5.71. The Morgan fingerprint density at radius 1 is 1.21 bits per heavy atom. The van der Waals surface area contributed by atoms with Crippen molar-refractivity contribution >= 4 is 0 Å². The van der Waals surface area contributed by atoms with Crippen LogP contribution in [0.15, 0.2) is 42.5 Å². The zero-order valence-electron chi connectivity index (χ0n) is 10.3. The largest absolute Gasteiger partial charge is 0.461 e. The lowest BCUT2D eigenvalue weighted by Gasteiger charge is -2.14. The fraction of sp³-hybridized carbons (Fsp3) is 0.133. The van der Waals surface area contributed by atoms with Crippen molar-refractivity contribution in [2.24, 2.45) is 0 Å². The summed E-state index contributed by atoms with van der Waals surface area (Å²) < 4.78 is 18.6. The molecule has 1 unspecified atom stereocenters. The van der Waals surface area contributed by atoms with E-state index in [0.29, 0.717) is 5.56 Å². The van der Waals surface area contributed by atoms with Crippen LogP contribution < -0.4 is 4.74 Å². The summed E-state index contributed by atoms with van der Waals surface area (Å²) in [6, 6.07) is 12.7. The number of nitriles is 1. The van der Waals surface area contributed by atoms with E-state index in [1.165, 1.54) is 12.1 Å². The SMILES string of the molecule is Cc1ccc(C(O)Oc2ccc(C#N)c(F)c2)cc1. The van der Waals surface area contributed by atoms with E-state index in [2.05, 4.69) is 0 Å². The number of aliphatic hydroxyl groups excluding tert-OH is 1. The normalized spacial score (nSPS) is 11.7. The van der Waals surface area contributed by atoms with E-state index >= 15 is 0 Å². The fourth-order valence-corrected chi connectivity index (χ4v) is 1.59. The third-order valence-corrected chi connectivity index (χ3v) is 2.67. The molecule has 0 saturated carbocycles. The lowest BCUT2D eigenvalue weighted by molar-refractivity contribution is -0.0196. The van der Waals surface area contributed by atoms with Gasteiger partial charge in [0.05, 0.1) is 5.56 Å². The summed E-state index contributed by atoms with van der Waals surface area (Å²) in [6.07, 6.45) is -1.17. The molecule has 3 nitrogen and oxygen atoms in total. The molecular formula is C15H12FNO2. The highest BCUT2D eigenvalue weighted by Gasteiger charge is 2.10. The molecule has 0 spiro atoms. The minimum absolute atomic E-state index is 0.0582. The third-order valence-electron chi connectivity index (χ3n) is 2.67. The average molecular weight is 257 g/mol. The molecule has 0 saturated heterocycles. The number of ether oxygens (including phenoxy) is 1. The first kappa shape index (κ1) is 13.1. The summed E-state index contributed by atoms with van der Waals surface area (Å²) in [4.78, 5) is 0. The minimum atomic E-state index is -1.17. The van der Waals surface area contributed by atoms with Crippen LogP contribution in [0.3, 0.4) is 0 Å². The van der Waals surface area contributed by atoms with Gasteiger partial charge in [0.15, 0.2) is 0 Å². The number of halogens is 1. The van der Waals surface area contributed by atoms with Crippen molar-refractivity contribution in [3.05, 3.63) is 65.0 Å². The number of rotatable bonds is 3. The molecule has 0 fully saturated rings. The third kappa shape index (κ3) is 3.09. The average Bonchev–Trinajstić information content (AvgIpc) is 2.39. The summed E-state index contributed by atoms with van der Waals surface area (Å²) in [6.45, 7) is 1.94. The first-order chi connectivity index (χ1) is 9.10. The van der Waals surface area contributed by atoms with Crippen LogP contribution in [0.2, 0.25) is 0 Å². The molecule has 0 amide bonds. The maximum Gasteiger partial charge on any atom is 0.224 e. The molecule has 2 aromatic rings. The van der Waals surface area contributed by atoms with Gasteiger partial charge in [-0.05, 0) is 19.1 Å². The molecule has 0 aliphatic rings. The van der Waals surface area contributed by atoms with Crippen molar-refractivity contribution in [1.29, 1.82) is 5.26 Å². The lowest BCUT2D eigenvalue weighted by Crippen LogP contribution is -2.06. The number of hydrogen-bond acceptors (Lipinski definition) is 3. The van der Waals surface area contributed by atoms with Gasteiger partial charge in [-0.25, -0.2) is 4.39 Å². The molecule has 0 aromatic heterocycles. The van der Waals surface area contributed by atoms with Crippen LogP contribution in [0.25, 0.3) is 0 Å². The van der Waals surface area contributed by atoms with Crippen molar-refractivity contribution in [3.8, 4) is 11.8 Å². The molecule has 0 heterocycles. The molecule has 1 atom stereocenters. The summed E-state index contributed by atoms with van der Waals surface area (Å²) >= 11 is 0. The van der Waals surface area contributed by atoms with Crippen molar-refractivity contribution in [1.82, 2.24) is 0 Å². The Bertz CT molecular complexity index is 617. The molecule has 0 aliphatic carbocycles. The number of aliphatic hydroxyl groups is 1. The summed E-state index contributed by atoms with van der Waals surface area (Å²) in [7, 11) is 0. The van der Waals surface area contributed by atoms with Gasteiger partial charge in [0.2, 0.25) is 6.29 Å². The van der Waals surface area contributed by atoms with E-state index in [-0.39, 0.29) is 11.3 Å². The standard InChI is InChI=1S/C15H12FNO2/c1-10-2-4-11(5-3-10)15(18)19-13-7-6-12(9-17)14(16)8-13/h2-8,15,18H,1H3. The number of nitrogens with zero attached hydrogens (tertiary/aromatic N) is 1. The van der Waals surface area contributed by atoms with Crippen LogP contribution >= 0.6 is 0 Å². The van der Waals surface area contributed by atoms with Gasteiger partial charge in [-0.15, -0.1) is 0 Å². The summed E-state index contributed by atoms with van der Waals surface area (Å²) in [5.41, 5.74) is 1.59. The van der Waals surface area contributed by atoms with Crippen molar-refractivity contribution in [2.45, 2.75) is 13.2 Å². The fourth-order valence-electron chi connectivity index (χ4n) is 1.59. The molecule has 0 bridgehead atoms. The van der Waals surface area contributed by atoms with Crippen LogP contribution in [0.1, 0.15) is 23.0 Å². The second-order valence-corrected chi connectivity index (χ2v) is 4.13. The van der Waals surface area contributed by atoms with E-state index in [4.69, 9.17) is 10.00 Å². The highest BCUT2D eigenvalue weighted by Crippen LogP contribution is 2.22. The molecular weight excluding hydrogens is 245 g/mol. The van der Waals surface area contributed by atoms with E-state index in [1.54, 1.807) is 18.2 Å². The number of hydrogen-bond donors (Lipinski definition) is 1. The highest BCUT2D eigenvalue weighted by atomic mass is 19.1. The van der Waals surface area contributed by atoms with Crippen LogP contribution in [0.5, 0.6) is 5.75 Å². The quantitative estimate of drug-likeness (QED) is 0.860. The van der Waals surface area contributed by atoms with Crippen LogP contribution in [-0.2, 0) is 0 Å². The highest BCUT2D eigenvalue weighted by molar-refractivity contribution is 5.36. The Balaban J connectivity index is 2.15. The van der Waals surface area contributed by atoms with Crippen molar-refractivity contribution in [2.75, 3.05) is 0 Å². The predicted octanol–water partition coefficient (Wildman–Crippen LogP) is 3.08. The smallest absolute Gasteiger partial charge is 0.224 e. The molecule has 96 valence electrons. The first-order valence-electron chi connectivity index (χ1n) is 5.71. The zero-order valence-corrected chi connectivity index (χ0v) is 10.3. The van der Waals surface area contributed by atoms with Crippen molar-refractivity contribution < 1.29 is 14.2 Å². The van der Waals surface area contributed by atoms with E-state index in [0.717, 1.165) is 11.6 Å². The van der Waals surface area contributed by atoms with Crippen LogP contribution in [-0.4, -0.2) is 5.11 Å². The van der Waals surface area contributed by atoms with Gasteiger partial charge in [0, 0.05) is 11.6 Å². The summed E-state index contributed by atoms with van der Waals surface area (Å²) in [5.74, 6) is -0.499.